The monoisotopic (exact) mass is 408 g/mol. The molecule has 0 atom stereocenters. The van der Waals surface area contributed by atoms with Gasteiger partial charge in [-0.25, -0.2) is 4.79 Å². The number of rotatable bonds is 6. The Labute approximate surface area is 178 Å². The average Bonchev–Trinajstić information content (AvgIpc) is 2.73. The maximum absolute atomic E-state index is 12.3. The van der Waals surface area contributed by atoms with Crippen LogP contribution in [0.1, 0.15) is 16.7 Å². The van der Waals surface area contributed by atoms with Gasteiger partial charge in [0.2, 0.25) is 0 Å². The first-order valence-electron chi connectivity index (χ1n) is 10.6. The molecule has 0 saturated carbocycles. The molecule has 1 aliphatic rings. The van der Waals surface area contributed by atoms with Crippen molar-refractivity contribution in [2.45, 2.75) is 13.8 Å². The van der Waals surface area contributed by atoms with Crippen LogP contribution in [0.25, 0.3) is 6.08 Å². The highest BCUT2D eigenvalue weighted by atomic mass is 16.2. The number of anilines is 1. The van der Waals surface area contributed by atoms with E-state index in [0.717, 1.165) is 49.5 Å². The Morgan fingerprint density at radius 3 is 2.37 bits per heavy atom. The number of benzene rings is 2. The molecule has 6 nitrogen and oxygen atoms in total. The van der Waals surface area contributed by atoms with Crippen molar-refractivity contribution in [1.82, 2.24) is 5.32 Å². The second-order valence-electron chi connectivity index (χ2n) is 7.94. The summed E-state index contributed by atoms with van der Waals surface area (Å²) in [4.78, 5) is 27.2. The van der Waals surface area contributed by atoms with Crippen LogP contribution in [0.4, 0.5) is 10.5 Å². The smallest absolute Gasteiger partial charge is 0.322 e. The molecule has 0 aliphatic carbocycles. The number of amides is 3. The second-order valence-corrected chi connectivity index (χ2v) is 7.94. The fourth-order valence-corrected chi connectivity index (χ4v) is 3.70. The minimum Gasteiger partial charge on any atom is -0.322 e. The molecule has 6 heteroatoms. The molecule has 0 spiro atoms. The summed E-state index contributed by atoms with van der Waals surface area (Å²) < 4.78 is 0. The van der Waals surface area contributed by atoms with E-state index in [2.05, 4.69) is 34.9 Å². The zero-order valence-corrected chi connectivity index (χ0v) is 17.8. The molecule has 1 saturated heterocycles. The van der Waals surface area contributed by atoms with Crippen LogP contribution in [0.15, 0.2) is 54.6 Å². The number of hydrogen-bond donors (Lipinski definition) is 4. The first kappa shape index (κ1) is 21.7. The molecule has 1 heterocycles. The fraction of sp³-hybridized carbons (Fsp3) is 0.333. The maximum Gasteiger partial charge on any atom is 0.326 e. The van der Waals surface area contributed by atoms with Gasteiger partial charge < -0.3 is 15.1 Å². The summed E-state index contributed by atoms with van der Waals surface area (Å²) in [5.74, 6) is -0.236. The van der Waals surface area contributed by atoms with Crippen molar-refractivity contribution in [3.63, 3.8) is 0 Å². The Hall–Kier alpha value is -2.96. The molecule has 2 aromatic rings. The standard InChI is InChI=1S/C24H30N4O2/c1-19-8-6-12-22(20(19)2)25-24(30)26-23(29)18-28-16-14-27(15-17-28)13-7-11-21-9-4-3-5-10-21/h3-12H,13-18H2,1-2H3,(H2,25,26,29,30)/p+2/b11-7+. The Bertz CT molecular complexity index is 887. The highest BCUT2D eigenvalue weighted by Gasteiger charge is 2.24. The predicted molar refractivity (Wildman–Crippen MR) is 120 cm³/mol. The van der Waals surface area contributed by atoms with E-state index in [1.54, 1.807) is 0 Å². The minimum atomic E-state index is -0.469. The molecule has 2 aromatic carbocycles. The van der Waals surface area contributed by atoms with Gasteiger partial charge in [-0.1, -0.05) is 48.5 Å². The maximum atomic E-state index is 12.3. The van der Waals surface area contributed by atoms with E-state index in [1.165, 1.54) is 15.4 Å². The number of aryl methyl sites for hydroxylation is 1. The molecule has 30 heavy (non-hydrogen) atoms. The second kappa shape index (κ2) is 10.7. The van der Waals surface area contributed by atoms with Crippen LogP contribution in [0.3, 0.4) is 0 Å². The third kappa shape index (κ3) is 6.54. The molecule has 1 aliphatic heterocycles. The zero-order valence-electron chi connectivity index (χ0n) is 17.8. The summed E-state index contributed by atoms with van der Waals surface area (Å²) in [6.07, 6.45) is 4.38. The summed E-state index contributed by atoms with van der Waals surface area (Å²) in [5, 5.41) is 5.23. The van der Waals surface area contributed by atoms with Gasteiger partial charge in [0.1, 0.15) is 26.2 Å². The zero-order chi connectivity index (χ0) is 21.3. The van der Waals surface area contributed by atoms with E-state index in [9.17, 15) is 9.59 Å². The highest BCUT2D eigenvalue weighted by molar-refractivity contribution is 6.01. The minimum absolute atomic E-state index is 0.236. The number of carbonyl (C=O) groups is 2. The van der Waals surface area contributed by atoms with Gasteiger partial charge in [0, 0.05) is 5.69 Å². The molecule has 3 amide bonds. The van der Waals surface area contributed by atoms with Gasteiger partial charge in [-0.05, 0) is 42.7 Å². The van der Waals surface area contributed by atoms with Crippen LogP contribution in [-0.4, -0.2) is 51.2 Å². The molecular weight excluding hydrogens is 376 g/mol. The lowest BCUT2D eigenvalue weighted by Gasteiger charge is -2.28. The number of urea groups is 1. The van der Waals surface area contributed by atoms with Crippen LogP contribution in [-0.2, 0) is 4.79 Å². The summed E-state index contributed by atoms with van der Waals surface area (Å²) >= 11 is 0. The molecule has 1 fully saturated rings. The first-order chi connectivity index (χ1) is 14.5. The van der Waals surface area contributed by atoms with E-state index in [0.29, 0.717) is 6.54 Å². The normalized spacial score (nSPS) is 18.9. The molecule has 158 valence electrons. The van der Waals surface area contributed by atoms with Crippen LogP contribution >= 0.6 is 0 Å². The SMILES string of the molecule is Cc1cccc(NC(=O)NC(=O)C[NH+]2CC[NH+](C/C=C/c3ccccc3)CC2)c1C. The van der Waals surface area contributed by atoms with Crippen LogP contribution in [0.2, 0.25) is 0 Å². The molecule has 4 N–H and O–H groups in total. The number of quaternary nitrogens is 2. The molecule has 0 bridgehead atoms. The van der Waals surface area contributed by atoms with Crippen LogP contribution < -0.4 is 20.4 Å². The number of nitrogens with one attached hydrogen (secondary N) is 4. The van der Waals surface area contributed by atoms with Crippen molar-refractivity contribution in [1.29, 1.82) is 0 Å². The Balaban J connectivity index is 1.37. The number of hydrogen-bond acceptors (Lipinski definition) is 2. The van der Waals surface area contributed by atoms with Crippen molar-refractivity contribution in [3.8, 4) is 0 Å². The van der Waals surface area contributed by atoms with E-state index < -0.39 is 6.03 Å². The van der Waals surface area contributed by atoms with E-state index in [-0.39, 0.29) is 5.91 Å². The number of imide groups is 1. The van der Waals surface area contributed by atoms with Gasteiger partial charge in [0.15, 0.2) is 6.54 Å². The molecule has 0 aromatic heterocycles. The van der Waals surface area contributed by atoms with E-state index >= 15 is 0 Å². The van der Waals surface area contributed by atoms with Gasteiger partial charge >= 0.3 is 6.03 Å². The Morgan fingerprint density at radius 1 is 0.933 bits per heavy atom. The van der Waals surface area contributed by atoms with Crippen molar-refractivity contribution in [2.24, 2.45) is 0 Å². The molecule has 3 rings (SSSR count). The lowest BCUT2D eigenvalue weighted by molar-refractivity contribution is -1.01. The van der Waals surface area contributed by atoms with Crippen LogP contribution in [0.5, 0.6) is 0 Å². The quantitative estimate of drug-likeness (QED) is 0.561. The fourth-order valence-electron chi connectivity index (χ4n) is 3.70. The summed E-state index contributed by atoms with van der Waals surface area (Å²) in [7, 11) is 0. The van der Waals surface area contributed by atoms with Gasteiger partial charge in [-0.3, -0.25) is 10.1 Å². The van der Waals surface area contributed by atoms with Gasteiger partial charge in [0.25, 0.3) is 5.91 Å². The summed E-state index contributed by atoms with van der Waals surface area (Å²) in [5.41, 5.74) is 4.05. The number of carbonyl (C=O) groups excluding carboxylic acids is 2. The van der Waals surface area contributed by atoms with Gasteiger partial charge in [0.05, 0.1) is 6.54 Å². The summed E-state index contributed by atoms with van der Waals surface area (Å²) in [6, 6.07) is 15.6. The predicted octanol–water partition coefficient (Wildman–Crippen LogP) is 0.448. The van der Waals surface area contributed by atoms with Crippen molar-refractivity contribution >= 4 is 23.7 Å². The van der Waals surface area contributed by atoms with Crippen LogP contribution in [0, 0.1) is 13.8 Å². The highest BCUT2D eigenvalue weighted by Crippen LogP contribution is 2.17. The molecule has 0 unspecified atom stereocenters. The summed E-state index contributed by atoms with van der Waals surface area (Å²) in [6.45, 7) is 9.17. The topological polar surface area (TPSA) is 67.1 Å². The Kier molecular flexibility index (Phi) is 7.76. The van der Waals surface area contributed by atoms with Crippen molar-refractivity contribution in [3.05, 3.63) is 71.3 Å². The molecule has 0 radical (unpaired) electrons. The van der Waals surface area contributed by atoms with Gasteiger partial charge in [-0.15, -0.1) is 0 Å². The average molecular weight is 409 g/mol. The lowest BCUT2D eigenvalue weighted by atomic mass is 10.1. The van der Waals surface area contributed by atoms with Crippen molar-refractivity contribution in [2.75, 3.05) is 44.6 Å². The third-order valence-corrected chi connectivity index (χ3v) is 5.70. The number of piperazine rings is 1. The first-order valence-corrected chi connectivity index (χ1v) is 10.6. The third-order valence-electron chi connectivity index (χ3n) is 5.70. The van der Waals surface area contributed by atoms with E-state index in [1.807, 2.05) is 50.2 Å². The Morgan fingerprint density at radius 2 is 1.63 bits per heavy atom. The van der Waals surface area contributed by atoms with E-state index in [4.69, 9.17) is 0 Å². The van der Waals surface area contributed by atoms with Crippen molar-refractivity contribution < 1.29 is 19.4 Å². The molecular formula is C24H32N4O2+2. The van der Waals surface area contributed by atoms with Gasteiger partial charge in [-0.2, -0.15) is 0 Å². The lowest BCUT2D eigenvalue weighted by Crippen LogP contribution is -3.28. The largest absolute Gasteiger partial charge is 0.326 e.